The molecule has 2 aromatic heterocycles. The van der Waals surface area contributed by atoms with Crippen molar-refractivity contribution < 1.29 is 17.9 Å². The van der Waals surface area contributed by atoms with Crippen LogP contribution in [0.15, 0.2) is 81.5 Å². The van der Waals surface area contributed by atoms with Crippen LogP contribution >= 0.6 is 11.6 Å². The minimum absolute atomic E-state index is 0.142. The Morgan fingerprint density at radius 3 is 2.37 bits per heavy atom. The van der Waals surface area contributed by atoms with Gasteiger partial charge in [-0.1, -0.05) is 17.7 Å². The summed E-state index contributed by atoms with van der Waals surface area (Å²) in [6.07, 6.45) is 2.48. The number of fused-ring (bicyclic) bond motifs is 1. The fourth-order valence-corrected chi connectivity index (χ4v) is 4.56. The molecule has 0 fully saturated rings. The summed E-state index contributed by atoms with van der Waals surface area (Å²) in [5.41, 5.74) is 0.241. The summed E-state index contributed by atoms with van der Waals surface area (Å²) in [6.45, 7) is 1.78. The van der Waals surface area contributed by atoms with Crippen LogP contribution in [-0.4, -0.2) is 24.9 Å². The highest BCUT2D eigenvalue weighted by molar-refractivity contribution is 7.95. The minimum Gasteiger partial charge on any atom is -0.497 e. The van der Waals surface area contributed by atoms with Gasteiger partial charge in [0.1, 0.15) is 33.7 Å². The summed E-state index contributed by atoms with van der Waals surface area (Å²) in [5.74, 6) is 0.790. The zero-order chi connectivity index (χ0) is 25.2. The van der Waals surface area contributed by atoms with Crippen LogP contribution in [-0.2, 0) is 9.84 Å². The zero-order valence-corrected chi connectivity index (χ0v) is 20.2. The van der Waals surface area contributed by atoms with Gasteiger partial charge in [-0.15, -0.1) is 0 Å². The molecule has 2 heterocycles. The third kappa shape index (κ3) is 4.75. The van der Waals surface area contributed by atoms with E-state index in [0.29, 0.717) is 27.7 Å². The smallest absolute Gasteiger partial charge is 0.269 e. The molecule has 2 aromatic carbocycles. The molecule has 0 amide bonds. The lowest BCUT2D eigenvalue weighted by Crippen LogP contribution is -2.20. The molecule has 0 aliphatic rings. The number of aromatic nitrogens is 2. The average molecular weight is 508 g/mol. The summed E-state index contributed by atoms with van der Waals surface area (Å²) in [7, 11) is -2.72. The maximum atomic E-state index is 13.4. The van der Waals surface area contributed by atoms with Crippen LogP contribution in [0, 0.1) is 18.3 Å². The molecule has 0 saturated heterocycles. The predicted molar refractivity (Wildman–Crippen MR) is 131 cm³/mol. The van der Waals surface area contributed by atoms with Crippen molar-refractivity contribution in [2.75, 3.05) is 7.11 Å². The van der Waals surface area contributed by atoms with Crippen molar-refractivity contribution in [1.29, 1.82) is 5.26 Å². The van der Waals surface area contributed by atoms with E-state index in [9.17, 15) is 18.5 Å². The van der Waals surface area contributed by atoms with Crippen molar-refractivity contribution in [1.82, 2.24) is 9.38 Å². The normalized spacial score (nSPS) is 11.8. The fourth-order valence-electron chi connectivity index (χ4n) is 3.29. The van der Waals surface area contributed by atoms with Gasteiger partial charge in [-0.2, -0.15) is 10.2 Å². The van der Waals surface area contributed by atoms with Crippen molar-refractivity contribution in [3.8, 4) is 23.4 Å². The molecule has 0 saturated carbocycles. The monoisotopic (exact) mass is 507 g/mol. The molecule has 0 aliphatic heterocycles. The molecule has 0 atom stereocenters. The predicted octanol–water partition coefficient (Wildman–Crippen LogP) is 4.80. The fraction of sp³-hybridized carbons (Fsp3) is 0.0800. The number of rotatable bonds is 6. The van der Waals surface area contributed by atoms with Gasteiger partial charge in [0.25, 0.3) is 5.56 Å². The second-order valence-electron chi connectivity index (χ2n) is 7.38. The number of hydrogen-bond acceptors (Lipinski definition) is 7. The van der Waals surface area contributed by atoms with E-state index in [1.807, 2.05) is 0 Å². The maximum Gasteiger partial charge on any atom is 0.269 e. The molecular weight excluding hydrogens is 490 g/mol. The first-order chi connectivity index (χ1) is 16.7. The van der Waals surface area contributed by atoms with Gasteiger partial charge < -0.3 is 9.47 Å². The Balaban J connectivity index is 1.93. The Morgan fingerprint density at radius 1 is 1.09 bits per heavy atom. The van der Waals surface area contributed by atoms with Crippen molar-refractivity contribution in [2.45, 2.75) is 11.8 Å². The first-order valence-corrected chi connectivity index (χ1v) is 12.1. The van der Waals surface area contributed by atoms with Gasteiger partial charge in [0.2, 0.25) is 15.7 Å². The number of allylic oxidation sites excluding steroid dienone is 1. The lowest BCUT2D eigenvalue weighted by molar-refractivity contribution is 0.412. The van der Waals surface area contributed by atoms with Crippen LogP contribution in [0.3, 0.4) is 0 Å². The Labute approximate surface area is 206 Å². The number of hydrogen-bond donors (Lipinski definition) is 0. The molecule has 0 N–H and O–H groups in total. The molecule has 0 radical (unpaired) electrons. The summed E-state index contributed by atoms with van der Waals surface area (Å²) in [5, 5.41) is 10.1. The van der Waals surface area contributed by atoms with Gasteiger partial charge in [0.05, 0.1) is 12.0 Å². The summed E-state index contributed by atoms with van der Waals surface area (Å²) < 4.78 is 38.6. The van der Waals surface area contributed by atoms with Crippen LogP contribution < -0.4 is 15.0 Å². The molecule has 35 heavy (non-hydrogen) atoms. The van der Waals surface area contributed by atoms with Crippen molar-refractivity contribution in [2.24, 2.45) is 0 Å². The second-order valence-corrected chi connectivity index (χ2v) is 9.73. The van der Waals surface area contributed by atoms with E-state index in [1.165, 1.54) is 42.0 Å². The van der Waals surface area contributed by atoms with Gasteiger partial charge in [-0.05, 0) is 73.2 Å². The van der Waals surface area contributed by atoms with Crippen molar-refractivity contribution >= 4 is 33.2 Å². The minimum atomic E-state index is -4.25. The van der Waals surface area contributed by atoms with Crippen LogP contribution in [0.5, 0.6) is 17.4 Å². The van der Waals surface area contributed by atoms with Gasteiger partial charge >= 0.3 is 0 Å². The van der Waals surface area contributed by atoms with Crippen molar-refractivity contribution in [3.63, 3.8) is 0 Å². The quantitative estimate of drug-likeness (QED) is 0.345. The Hall–Kier alpha value is -4.13. The lowest BCUT2D eigenvalue weighted by Gasteiger charge is -2.12. The Kier molecular flexibility index (Phi) is 6.60. The number of benzene rings is 2. The molecule has 0 spiro atoms. The molecule has 0 unspecified atom stereocenters. The molecule has 176 valence electrons. The Morgan fingerprint density at radius 2 is 1.74 bits per heavy atom. The molecular formula is C25H18ClN3O5S. The zero-order valence-electron chi connectivity index (χ0n) is 18.6. The molecule has 0 bridgehead atoms. The first kappa shape index (κ1) is 24.0. The standard InChI is InChI=1S/C25H18ClN3O5S/c1-16-4-3-13-29-23(16)28-24(34-19-9-7-18(33-2)8-10-19)22(25(29)30)14-21(15-27)35(31,32)20-11-5-17(26)6-12-20/h3-14H,1-2H3. The number of aryl methyl sites for hydroxylation is 1. The molecule has 4 rings (SSSR count). The van der Waals surface area contributed by atoms with E-state index in [-0.39, 0.29) is 16.3 Å². The van der Waals surface area contributed by atoms with E-state index in [2.05, 4.69) is 4.98 Å². The summed E-state index contributed by atoms with van der Waals surface area (Å²) >= 11 is 5.86. The van der Waals surface area contributed by atoms with Crippen molar-refractivity contribution in [3.05, 3.63) is 98.3 Å². The number of pyridine rings is 1. The average Bonchev–Trinajstić information content (AvgIpc) is 2.85. The maximum absolute atomic E-state index is 13.4. The van der Waals surface area contributed by atoms with E-state index < -0.39 is 20.3 Å². The second kappa shape index (κ2) is 9.62. The number of methoxy groups -OCH3 is 1. The van der Waals surface area contributed by atoms with Gasteiger partial charge in [-0.3, -0.25) is 9.20 Å². The van der Waals surface area contributed by atoms with Gasteiger partial charge in [-0.25, -0.2) is 8.42 Å². The summed E-state index contributed by atoms with van der Waals surface area (Å²) in [4.78, 5) is 17.1. The molecule has 4 aromatic rings. The van der Waals surface area contributed by atoms with Crippen LogP contribution in [0.25, 0.3) is 11.7 Å². The lowest BCUT2D eigenvalue weighted by atomic mass is 10.2. The summed E-state index contributed by atoms with van der Waals surface area (Å²) in [6, 6.07) is 17.1. The molecule has 8 nitrogen and oxygen atoms in total. The number of nitrogens with zero attached hydrogens (tertiary/aromatic N) is 3. The van der Waals surface area contributed by atoms with E-state index in [0.717, 1.165) is 6.08 Å². The highest BCUT2D eigenvalue weighted by Gasteiger charge is 2.24. The first-order valence-electron chi connectivity index (χ1n) is 10.2. The third-order valence-electron chi connectivity index (χ3n) is 5.12. The van der Waals surface area contributed by atoms with Crippen LogP contribution in [0.4, 0.5) is 0 Å². The van der Waals surface area contributed by atoms with E-state index in [1.54, 1.807) is 49.4 Å². The SMILES string of the molecule is COc1ccc(Oc2nc3c(C)cccn3c(=O)c2C=C(C#N)S(=O)(=O)c2ccc(Cl)cc2)cc1. The third-order valence-corrected chi connectivity index (χ3v) is 7.06. The van der Waals surface area contributed by atoms with Gasteiger partial charge in [0, 0.05) is 11.2 Å². The highest BCUT2D eigenvalue weighted by atomic mass is 35.5. The largest absolute Gasteiger partial charge is 0.497 e. The molecule has 10 heteroatoms. The highest BCUT2D eigenvalue weighted by Crippen LogP contribution is 2.28. The van der Waals surface area contributed by atoms with Gasteiger partial charge in [0.15, 0.2) is 0 Å². The number of halogens is 1. The van der Waals surface area contributed by atoms with Crippen LogP contribution in [0.1, 0.15) is 11.1 Å². The number of ether oxygens (including phenoxy) is 2. The Bertz CT molecular complexity index is 1650. The molecule has 0 aliphatic carbocycles. The number of nitriles is 1. The topological polar surface area (TPSA) is 111 Å². The number of sulfone groups is 1. The van der Waals surface area contributed by atoms with E-state index >= 15 is 0 Å². The van der Waals surface area contributed by atoms with Crippen LogP contribution in [0.2, 0.25) is 5.02 Å². The van der Waals surface area contributed by atoms with E-state index in [4.69, 9.17) is 21.1 Å².